The summed E-state index contributed by atoms with van der Waals surface area (Å²) >= 11 is 1.36. The van der Waals surface area contributed by atoms with E-state index in [-0.39, 0.29) is 0 Å². The van der Waals surface area contributed by atoms with Gasteiger partial charge in [-0.25, -0.2) is 4.79 Å². The van der Waals surface area contributed by atoms with Crippen molar-refractivity contribution in [2.75, 3.05) is 0 Å². The Hall–Kier alpha value is -3.58. The molecule has 0 aliphatic heterocycles. The number of rotatable bonds is 10. The molecule has 0 aliphatic carbocycles. The fraction of sp³-hybridized carbons (Fsp3) is 0.250. The summed E-state index contributed by atoms with van der Waals surface area (Å²) in [5.41, 5.74) is 1.16. The molecule has 0 bridgehead atoms. The van der Waals surface area contributed by atoms with Crippen LogP contribution in [0.3, 0.4) is 0 Å². The molecule has 0 heterocycles. The smallest absolute Gasteiger partial charge is 0.332 e. The summed E-state index contributed by atoms with van der Waals surface area (Å²) in [6, 6.07) is 26.2. The van der Waals surface area contributed by atoms with Gasteiger partial charge in [0.25, 0.3) is 5.91 Å². The van der Waals surface area contributed by atoms with Crippen LogP contribution in [0.15, 0.2) is 95.9 Å². The fourth-order valence-electron chi connectivity index (χ4n) is 3.32. The first-order valence-electron chi connectivity index (χ1n) is 11.4. The summed E-state index contributed by atoms with van der Waals surface area (Å²) in [7, 11) is 0. The number of hydrogen-bond acceptors (Lipinski definition) is 6. The molecular formula is C28H29NO5S. The minimum Gasteiger partial charge on any atom is -0.461 e. The second-order valence-electron chi connectivity index (χ2n) is 8.17. The number of benzene rings is 3. The zero-order valence-electron chi connectivity index (χ0n) is 19.9. The summed E-state index contributed by atoms with van der Waals surface area (Å²) in [5.74, 6) is -1.65. The first-order chi connectivity index (χ1) is 16.8. The Kier molecular flexibility index (Phi) is 9.49. The van der Waals surface area contributed by atoms with Gasteiger partial charge in [0.15, 0.2) is 6.04 Å². The molecule has 0 aromatic heterocycles. The molecule has 3 rings (SSSR count). The molecule has 0 unspecified atom stereocenters. The van der Waals surface area contributed by atoms with Gasteiger partial charge < -0.3 is 14.8 Å². The number of carbonyl (C=O) groups excluding carboxylic acids is 3. The van der Waals surface area contributed by atoms with Gasteiger partial charge in [-0.2, -0.15) is 0 Å². The molecule has 0 aliphatic rings. The number of carbonyl (C=O) groups is 3. The van der Waals surface area contributed by atoms with E-state index in [2.05, 4.69) is 5.32 Å². The Morgan fingerprint density at radius 2 is 1.26 bits per heavy atom. The lowest BCUT2D eigenvalue weighted by Crippen LogP contribution is -2.50. The van der Waals surface area contributed by atoms with Crippen LogP contribution < -0.4 is 5.32 Å². The second-order valence-corrected chi connectivity index (χ2v) is 9.34. The zero-order valence-corrected chi connectivity index (χ0v) is 20.7. The molecule has 1 amide bonds. The molecule has 7 heteroatoms. The Morgan fingerprint density at radius 1 is 0.714 bits per heavy atom. The Morgan fingerprint density at radius 3 is 1.83 bits per heavy atom. The quantitative estimate of drug-likeness (QED) is 0.310. The number of amides is 1. The summed E-state index contributed by atoms with van der Waals surface area (Å²) < 4.78 is 11.1. The maximum absolute atomic E-state index is 13.4. The molecule has 3 aromatic rings. The van der Waals surface area contributed by atoms with Crippen LogP contribution in [0.25, 0.3) is 0 Å². The van der Waals surface area contributed by atoms with Gasteiger partial charge in [0.2, 0.25) is 0 Å². The van der Waals surface area contributed by atoms with Crippen LogP contribution in [0, 0.1) is 0 Å². The van der Waals surface area contributed by atoms with Crippen LogP contribution >= 0.6 is 11.8 Å². The summed E-state index contributed by atoms with van der Waals surface area (Å²) in [6.07, 6.45) is -1.36. The van der Waals surface area contributed by atoms with Gasteiger partial charge in [-0.1, -0.05) is 66.7 Å². The SMILES string of the molecule is CC(C)OC(=O)[C@@H](NC(=O)c1ccccc1)[C@@H](C)OC(=O)[C@H](Sc1ccccc1)c1ccccc1. The monoisotopic (exact) mass is 491 g/mol. The first-order valence-corrected chi connectivity index (χ1v) is 12.3. The molecule has 3 atom stereocenters. The van der Waals surface area contributed by atoms with Gasteiger partial charge in [-0.15, -0.1) is 11.8 Å². The van der Waals surface area contributed by atoms with E-state index in [1.165, 1.54) is 11.8 Å². The first kappa shape index (κ1) is 26.0. The molecular weight excluding hydrogens is 462 g/mol. The second kappa shape index (κ2) is 12.8. The average molecular weight is 492 g/mol. The van der Waals surface area contributed by atoms with E-state index in [9.17, 15) is 14.4 Å². The van der Waals surface area contributed by atoms with Crippen molar-refractivity contribution in [2.45, 2.75) is 49.2 Å². The summed E-state index contributed by atoms with van der Waals surface area (Å²) in [5, 5.41) is 2.01. The molecule has 1 N–H and O–H groups in total. The maximum Gasteiger partial charge on any atom is 0.332 e. The third-order valence-electron chi connectivity index (χ3n) is 5.01. The molecule has 0 fully saturated rings. The highest BCUT2D eigenvalue weighted by atomic mass is 32.2. The Labute approximate surface area is 210 Å². The molecule has 3 aromatic carbocycles. The highest BCUT2D eigenvalue weighted by molar-refractivity contribution is 8.00. The molecule has 0 spiro atoms. The number of nitrogens with one attached hydrogen (secondary N) is 1. The van der Waals surface area contributed by atoms with Crippen molar-refractivity contribution in [3.8, 4) is 0 Å². The van der Waals surface area contributed by atoms with E-state index < -0.39 is 41.3 Å². The van der Waals surface area contributed by atoms with Crippen molar-refractivity contribution in [1.29, 1.82) is 0 Å². The number of thioether (sulfide) groups is 1. The molecule has 182 valence electrons. The minimum absolute atomic E-state index is 0.384. The lowest BCUT2D eigenvalue weighted by molar-refractivity contribution is -0.159. The van der Waals surface area contributed by atoms with E-state index in [0.29, 0.717) is 5.56 Å². The average Bonchev–Trinajstić information content (AvgIpc) is 2.86. The fourth-order valence-corrected chi connectivity index (χ4v) is 4.35. The summed E-state index contributed by atoms with van der Waals surface area (Å²) in [6.45, 7) is 5.00. The standard InChI is InChI=1S/C28H29NO5S/c1-19(2)33-27(31)24(29-26(30)22-15-9-5-10-16-22)20(3)34-28(32)25(21-13-7-4-8-14-21)35-23-17-11-6-12-18-23/h4-20,24-25H,1-3H3,(H,29,30)/t20-,24+,25-/m1/s1. The third-order valence-corrected chi connectivity index (χ3v) is 6.26. The van der Waals surface area contributed by atoms with Crippen molar-refractivity contribution in [2.24, 2.45) is 0 Å². The lowest BCUT2D eigenvalue weighted by atomic mass is 10.1. The van der Waals surface area contributed by atoms with Crippen LogP contribution in [0.4, 0.5) is 0 Å². The van der Waals surface area contributed by atoms with E-state index in [4.69, 9.17) is 9.47 Å². The van der Waals surface area contributed by atoms with Crippen molar-refractivity contribution in [3.05, 3.63) is 102 Å². The third kappa shape index (κ3) is 7.72. The van der Waals surface area contributed by atoms with Crippen LogP contribution in [0.2, 0.25) is 0 Å². The predicted octanol–water partition coefficient (Wildman–Crippen LogP) is 5.20. The van der Waals surface area contributed by atoms with Gasteiger partial charge in [0.05, 0.1) is 6.10 Å². The lowest BCUT2D eigenvalue weighted by Gasteiger charge is -2.26. The molecule has 35 heavy (non-hydrogen) atoms. The summed E-state index contributed by atoms with van der Waals surface area (Å²) in [4.78, 5) is 39.9. The Bertz CT molecular complexity index is 1110. The molecule has 6 nitrogen and oxygen atoms in total. The van der Waals surface area contributed by atoms with Crippen molar-refractivity contribution >= 4 is 29.6 Å². The normalized spacial score (nSPS) is 13.4. The predicted molar refractivity (Wildman–Crippen MR) is 136 cm³/mol. The van der Waals surface area contributed by atoms with Gasteiger partial charge >= 0.3 is 11.9 Å². The van der Waals surface area contributed by atoms with Gasteiger partial charge in [0.1, 0.15) is 11.4 Å². The molecule has 0 radical (unpaired) electrons. The highest BCUT2D eigenvalue weighted by Crippen LogP contribution is 2.36. The van der Waals surface area contributed by atoms with Crippen LogP contribution in [0.5, 0.6) is 0 Å². The van der Waals surface area contributed by atoms with Crippen molar-refractivity contribution in [1.82, 2.24) is 5.32 Å². The van der Waals surface area contributed by atoms with Crippen LogP contribution in [0.1, 0.15) is 41.9 Å². The molecule has 0 saturated carbocycles. The van der Waals surface area contributed by atoms with E-state index >= 15 is 0 Å². The highest BCUT2D eigenvalue weighted by Gasteiger charge is 2.34. The van der Waals surface area contributed by atoms with E-state index in [1.54, 1.807) is 51.1 Å². The zero-order chi connectivity index (χ0) is 25.2. The topological polar surface area (TPSA) is 81.7 Å². The Balaban J connectivity index is 1.81. The van der Waals surface area contributed by atoms with Crippen LogP contribution in [-0.2, 0) is 19.1 Å². The number of hydrogen-bond donors (Lipinski definition) is 1. The molecule has 0 saturated heterocycles. The van der Waals surface area contributed by atoms with Crippen molar-refractivity contribution < 1.29 is 23.9 Å². The largest absolute Gasteiger partial charge is 0.461 e. The van der Waals surface area contributed by atoms with Gasteiger partial charge in [-0.05, 0) is 50.6 Å². The van der Waals surface area contributed by atoms with E-state index in [0.717, 1.165) is 10.5 Å². The minimum atomic E-state index is -1.17. The number of ether oxygens (including phenoxy) is 2. The van der Waals surface area contributed by atoms with Crippen molar-refractivity contribution in [3.63, 3.8) is 0 Å². The maximum atomic E-state index is 13.4. The van der Waals surface area contributed by atoms with Crippen LogP contribution in [-0.4, -0.2) is 36.1 Å². The van der Waals surface area contributed by atoms with E-state index in [1.807, 2.05) is 60.7 Å². The number of esters is 2. The van der Waals surface area contributed by atoms with Gasteiger partial charge in [-0.3, -0.25) is 9.59 Å². The van der Waals surface area contributed by atoms with Gasteiger partial charge in [0, 0.05) is 10.5 Å².